The summed E-state index contributed by atoms with van der Waals surface area (Å²) in [6.45, 7) is 5.81. The number of benzene rings is 1. The van der Waals surface area contributed by atoms with Gasteiger partial charge >= 0.3 is 0 Å². The van der Waals surface area contributed by atoms with Gasteiger partial charge in [-0.25, -0.2) is 4.39 Å². The van der Waals surface area contributed by atoms with Crippen LogP contribution in [-0.4, -0.2) is 34.2 Å². The first kappa shape index (κ1) is 14.9. The molecule has 0 fully saturated rings. The fraction of sp³-hybridized carbons (Fsp3) is 0.438. The topological polar surface area (TPSA) is 36.4 Å². The molecule has 0 bridgehead atoms. The molecule has 4 heteroatoms. The van der Waals surface area contributed by atoms with Crippen molar-refractivity contribution in [3.05, 3.63) is 41.8 Å². The Hall–Kier alpha value is -1.52. The number of hydrogen-bond acceptors (Lipinski definition) is 3. The van der Waals surface area contributed by atoms with E-state index in [-0.39, 0.29) is 12.4 Å². The molecule has 0 saturated carbocycles. The lowest BCUT2D eigenvalue weighted by Crippen LogP contribution is -2.32. The lowest BCUT2D eigenvalue weighted by atomic mass is 10.1. The van der Waals surface area contributed by atoms with Crippen LogP contribution in [0.25, 0.3) is 10.9 Å². The van der Waals surface area contributed by atoms with E-state index in [1.54, 1.807) is 12.3 Å². The van der Waals surface area contributed by atoms with Crippen LogP contribution in [0, 0.1) is 5.82 Å². The molecule has 1 N–H and O–H groups in total. The summed E-state index contributed by atoms with van der Waals surface area (Å²) in [5.41, 5.74) is 1.75. The van der Waals surface area contributed by atoms with Gasteiger partial charge in [-0.15, -0.1) is 0 Å². The molecule has 1 aromatic heterocycles. The van der Waals surface area contributed by atoms with Gasteiger partial charge in [0.25, 0.3) is 0 Å². The molecule has 0 unspecified atom stereocenters. The van der Waals surface area contributed by atoms with Crippen molar-refractivity contribution in [2.75, 3.05) is 13.2 Å². The van der Waals surface area contributed by atoms with Crippen molar-refractivity contribution in [2.45, 2.75) is 32.9 Å². The van der Waals surface area contributed by atoms with Crippen molar-refractivity contribution < 1.29 is 9.50 Å². The zero-order valence-corrected chi connectivity index (χ0v) is 12.0. The summed E-state index contributed by atoms with van der Waals surface area (Å²) in [4.78, 5) is 6.59. The fourth-order valence-corrected chi connectivity index (χ4v) is 2.36. The van der Waals surface area contributed by atoms with Crippen molar-refractivity contribution >= 4 is 10.9 Å². The third-order valence-corrected chi connectivity index (χ3v) is 3.46. The molecule has 0 aliphatic rings. The Balaban J connectivity index is 2.31. The molecule has 0 spiro atoms. The molecule has 0 aliphatic heterocycles. The maximum Gasteiger partial charge on any atom is 0.124 e. The SMILES string of the molecule is CC(C)N(CCCO)Cc1cc(F)cc2cccnc12. The molecule has 0 saturated heterocycles. The van der Waals surface area contributed by atoms with Crippen molar-refractivity contribution in [1.82, 2.24) is 9.88 Å². The molecule has 20 heavy (non-hydrogen) atoms. The van der Waals surface area contributed by atoms with Gasteiger partial charge in [-0.05, 0) is 44.0 Å². The number of halogens is 1. The van der Waals surface area contributed by atoms with Gasteiger partial charge in [0.15, 0.2) is 0 Å². The van der Waals surface area contributed by atoms with Gasteiger partial charge in [0.1, 0.15) is 5.82 Å². The molecule has 0 aliphatic carbocycles. The molecule has 1 heterocycles. The van der Waals surface area contributed by atoms with Crippen LogP contribution in [0.5, 0.6) is 0 Å². The Bertz CT molecular complexity index is 571. The third-order valence-electron chi connectivity index (χ3n) is 3.46. The van der Waals surface area contributed by atoms with E-state index in [0.717, 1.165) is 29.4 Å². The largest absolute Gasteiger partial charge is 0.396 e. The van der Waals surface area contributed by atoms with Crippen LogP contribution in [0.15, 0.2) is 30.5 Å². The zero-order chi connectivity index (χ0) is 14.5. The lowest BCUT2D eigenvalue weighted by molar-refractivity contribution is 0.185. The lowest BCUT2D eigenvalue weighted by Gasteiger charge is -2.26. The van der Waals surface area contributed by atoms with E-state index in [2.05, 4.69) is 23.7 Å². The molecule has 0 atom stereocenters. The van der Waals surface area contributed by atoms with Crippen LogP contribution < -0.4 is 0 Å². The predicted octanol–water partition coefficient (Wildman–Crippen LogP) is 2.97. The number of rotatable bonds is 6. The van der Waals surface area contributed by atoms with Crippen molar-refractivity contribution in [1.29, 1.82) is 0 Å². The summed E-state index contributed by atoms with van der Waals surface area (Å²) in [6.07, 6.45) is 2.45. The van der Waals surface area contributed by atoms with Gasteiger partial charge in [-0.2, -0.15) is 0 Å². The highest BCUT2D eigenvalue weighted by Crippen LogP contribution is 2.20. The Morgan fingerprint density at radius 1 is 1.35 bits per heavy atom. The molecule has 2 rings (SSSR count). The Morgan fingerprint density at radius 2 is 2.15 bits per heavy atom. The highest BCUT2D eigenvalue weighted by molar-refractivity contribution is 5.81. The highest BCUT2D eigenvalue weighted by atomic mass is 19.1. The van der Waals surface area contributed by atoms with Gasteiger partial charge in [-0.1, -0.05) is 6.07 Å². The van der Waals surface area contributed by atoms with Crippen molar-refractivity contribution in [3.63, 3.8) is 0 Å². The predicted molar refractivity (Wildman–Crippen MR) is 78.9 cm³/mol. The first-order valence-electron chi connectivity index (χ1n) is 7.00. The zero-order valence-electron chi connectivity index (χ0n) is 12.0. The summed E-state index contributed by atoms with van der Waals surface area (Å²) in [7, 11) is 0. The van der Waals surface area contributed by atoms with Gasteiger partial charge in [0, 0.05) is 37.3 Å². The minimum Gasteiger partial charge on any atom is -0.396 e. The van der Waals surface area contributed by atoms with E-state index in [1.165, 1.54) is 6.07 Å². The molecule has 1 aromatic carbocycles. The van der Waals surface area contributed by atoms with Crippen LogP contribution in [0.4, 0.5) is 4.39 Å². The Kier molecular flexibility index (Phi) is 5.04. The Labute approximate surface area is 119 Å². The van der Waals surface area contributed by atoms with E-state index in [9.17, 15) is 4.39 Å². The van der Waals surface area contributed by atoms with Gasteiger partial charge in [-0.3, -0.25) is 9.88 Å². The number of pyridine rings is 1. The first-order chi connectivity index (χ1) is 9.61. The first-order valence-corrected chi connectivity index (χ1v) is 7.00. The molecular weight excluding hydrogens is 255 g/mol. The number of aliphatic hydroxyl groups is 1. The number of fused-ring (bicyclic) bond motifs is 1. The summed E-state index contributed by atoms with van der Waals surface area (Å²) in [5.74, 6) is -0.230. The van der Waals surface area contributed by atoms with Crippen LogP contribution in [0.2, 0.25) is 0 Å². The van der Waals surface area contributed by atoms with Crippen LogP contribution in [0.1, 0.15) is 25.8 Å². The maximum atomic E-state index is 13.7. The van der Waals surface area contributed by atoms with E-state index < -0.39 is 0 Å². The smallest absolute Gasteiger partial charge is 0.124 e. The average Bonchev–Trinajstić information content (AvgIpc) is 2.42. The second-order valence-corrected chi connectivity index (χ2v) is 5.28. The molecule has 0 radical (unpaired) electrons. The maximum absolute atomic E-state index is 13.7. The van der Waals surface area contributed by atoms with E-state index >= 15 is 0 Å². The standard InChI is InChI=1S/C16H21FN2O/c1-12(2)19(7-4-8-20)11-14-10-15(17)9-13-5-3-6-18-16(13)14/h3,5-6,9-10,12,20H,4,7-8,11H2,1-2H3. The summed E-state index contributed by atoms with van der Waals surface area (Å²) in [5, 5.41) is 9.81. The molecule has 3 nitrogen and oxygen atoms in total. The quantitative estimate of drug-likeness (QED) is 0.881. The average molecular weight is 276 g/mol. The summed E-state index contributed by atoms with van der Waals surface area (Å²) >= 11 is 0. The minimum absolute atomic E-state index is 0.172. The van der Waals surface area contributed by atoms with Crippen LogP contribution >= 0.6 is 0 Å². The van der Waals surface area contributed by atoms with Crippen LogP contribution in [-0.2, 0) is 6.54 Å². The van der Waals surface area contributed by atoms with E-state index in [4.69, 9.17) is 5.11 Å². The van der Waals surface area contributed by atoms with Crippen molar-refractivity contribution in [3.8, 4) is 0 Å². The highest BCUT2D eigenvalue weighted by Gasteiger charge is 2.13. The van der Waals surface area contributed by atoms with Crippen LogP contribution in [0.3, 0.4) is 0 Å². The van der Waals surface area contributed by atoms with Gasteiger partial charge in [0.2, 0.25) is 0 Å². The second kappa shape index (κ2) is 6.77. The summed E-state index contributed by atoms with van der Waals surface area (Å²) in [6, 6.07) is 7.10. The van der Waals surface area contributed by atoms with E-state index in [1.807, 2.05) is 12.1 Å². The number of aliphatic hydroxyl groups excluding tert-OH is 1. The van der Waals surface area contributed by atoms with Gasteiger partial charge in [0.05, 0.1) is 5.52 Å². The number of aromatic nitrogens is 1. The molecule has 0 amide bonds. The molecule has 108 valence electrons. The molecular formula is C16H21FN2O. The number of hydrogen-bond donors (Lipinski definition) is 1. The molecule has 2 aromatic rings. The van der Waals surface area contributed by atoms with E-state index in [0.29, 0.717) is 12.6 Å². The van der Waals surface area contributed by atoms with Crippen molar-refractivity contribution in [2.24, 2.45) is 0 Å². The second-order valence-electron chi connectivity index (χ2n) is 5.28. The number of nitrogens with zero attached hydrogens (tertiary/aromatic N) is 2. The monoisotopic (exact) mass is 276 g/mol. The van der Waals surface area contributed by atoms with Gasteiger partial charge < -0.3 is 5.11 Å². The third kappa shape index (κ3) is 3.52. The summed E-state index contributed by atoms with van der Waals surface area (Å²) < 4.78 is 13.7. The fourth-order valence-electron chi connectivity index (χ4n) is 2.36. The minimum atomic E-state index is -0.230. The Morgan fingerprint density at radius 3 is 2.85 bits per heavy atom. The normalized spacial score (nSPS) is 11.7.